The van der Waals surface area contributed by atoms with Crippen molar-refractivity contribution in [2.75, 3.05) is 20.3 Å². The summed E-state index contributed by atoms with van der Waals surface area (Å²) >= 11 is 0. The van der Waals surface area contributed by atoms with Crippen molar-refractivity contribution in [3.8, 4) is 0 Å². The third kappa shape index (κ3) is 2.79. The average molecular weight is 162 g/mol. The predicted molar refractivity (Wildman–Crippen MR) is 40.3 cm³/mol. The second-order valence-electron chi connectivity index (χ2n) is 2.36. The summed E-state index contributed by atoms with van der Waals surface area (Å²) in [5.74, 6) is 0. The number of hydrogen-bond acceptors (Lipinski definition) is 3. The first-order valence-corrected chi connectivity index (χ1v) is 5.38. The van der Waals surface area contributed by atoms with Crippen molar-refractivity contribution in [2.24, 2.45) is 0 Å². The quantitative estimate of drug-likeness (QED) is 0.430. The molecule has 0 aromatic carbocycles. The molecule has 1 aliphatic heterocycles. The standard InChI is InChI=1S/C6H14O3Si/c1-3-10(7-2)9-5-6-4-8-6/h6,10H,3-5H2,1-2H3. The van der Waals surface area contributed by atoms with Crippen LogP contribution in [-0.4, -0.2) is 35.7 Å². The third-order valence-corrected chi connectivity index (χ3v) is 3.22. The monoisotopic (exact) mass is 162 g/mol. The Kier molecular flexibility index (Phi) is 3.34. The molecule has 0 amide bonds. The van der Waals surface area contributed by atoms with Gasteiger partial charge in [-0.3, -0.25) is 0 Å². The smallest absolute Gasteiger partial charge is 0.320 e. The molecule has 2 atom stereocenters. The molecule has 2 unspecified atom stereocenters. The van der Waals surface area contributed by atoms with Gasteiger partial charge in [0.15, 0.2) is 0 Å². The normalized spacial score (nSPS) is 26.4. The van der Waals surface area contributed by atoms with Gasteiger partial charge in [0.2, 0.25) is 0 Å². The topological polar surface area (TPSA) is 31.0 Å². The lowest BCUT2D eigenvalue weighted by molar-refractivity contribution is 0.205. The summed E-state index contributed by atoms with van der Waals surface area (Å²) in [5.41, 5.74) is 0. The van der Waals surface area contributed by atoms with Crippen LogP contribution in [0.5, 0.6) is 0 Å². The zero-order chi connectivity index (χ0) is 7.40. The fourth-order valence-electron chi connectivity index (χ4n) is 0.731. The zero-order valence-corrected chi connectivity index (χ0v) is 7.66. The van der Waals surface area contributed by atoms with Crippen LogP contribution in [0.3, 0.4) is 0 Å². The van der Waals surface area contributed by atoms with Crippen LogP contribution in [0, 0.1) is 0 Å². The van der Waals surface area contributed by atoms with Crippen molar-refractivity contribution in [3.05, 3.63) is 0 Å². The largest absolute Gasteiger partial charge is 0.400 e. The van der Waals surface area contributed by atoms with E-state index in [0.717, 1.165) is 19.3 Å². The maximum Gasteiger partial charge on any atom is 0.320 e. The Morgan fingerprint density at radius 2 is 2.40 bits per heavy atom. The second kappa shape index (κ2) is 4.08. The number of epoxide rings is 1. The van der Waals surface area contributed by atoms with Crippen LogP contribution in [0.15, 0.2) is 0 Å². The molecule has 0 aliphatic carbocycles. The van der Waals surface area contributed by atoms with Crippen LogP contribution in [0.25, 0.3) is 0 Å². The van der Waals surface area contributed by atoms with Crippen LogP contribution >= 0.6 is 0 Å². The molecule has 1 rings (SSSR count). The molecule has 3 nitrogen and oxygen atoms in total. The lowest BCUT2D eigenvalue weighted by Gasteiger charge is -2.09. The lowest BCUT2D eigenvalue weighted by atomic mass is 10.5. The highest BCUT2D eigenvalue weighted by molar-refractivity contribution is 6.44. The molecular formula is C6H14O3Si. The van der Waals surface area contributed by atoms with Crippen LogP contribution in [0.1, 0.15) is 6.92 Å². The molecule has 0 N–H and O–H groups in total. The highest BCUT2D eigenvalue weighted by atomic mass is 28.3. The Balaban J connectivity index is 1.97. The van der Waals surface area contributed by atoms with Crippen LogP contribution in [0.4, 0.5) is 0 Å². The van der Waals surface area contributed by atoms with E-state index in [2.05, 4.69) is 6.92 Å². The molecule has 0 spiro atoms. The maximum atomic E-state index is 5.46. The van der Waals surface area contributed by atoms with Crippen molar-refractivity contribution >= 4 is 9.28 Å². The molecule has 1 aliphatic rings. The van der Waals surface area contributed by atoms with Gasteiger partial charge in [0.05, 0.1) is 13.2 Å². The Morgan fingerprint density at radius 3 is 2.80 bits per heavy atom. The molecule has 1 heterocycles. The SMILES string of the molecule is CC[SiH](OC)OCC1CO1. The number of rotatable bonds is 5. The fourth-order valence-corrected chi connectivity index (χ4v) is 1.87. The number of hydrogen-bond donors (Lipinski definition) is 0. The molecule has 1 fully saturated rings. The van der Waals surface area contributed by atoms with Gasteiger partial charge in [-0.1, -0.05) is 6.92 Å². The van der Waals surface area contributed by atoms with Gasteiger partial charge in [-0.2, -0.15) is 0 Å². The van der Waals surface area contributed by atoms with Gasteiger partial charge >= 0.3 is 9.28 Å². The number of ether oxygens (including phenoxy) is 1. The van der Waals surface area contributed by atoms with E-state index in [1.165, 1.54) is 0 Å². The highest BCUT2D eigenvalue weighted by Crippen LogP contribution is 2.09. The van der Waals surface area contributed by atoms with Crippen molar-refractivity contribution < 1.29 is 13.6 Å². The van der Waals surface area contributed by atoms with Gasteiger partial charge in [0.25, 0.3) is 0 Å². The Morgan fingerprint density at radius 1 is 1.70 bits per heavy atom. The predicted octanol–water partition coefficient (Wildman–Crippen LogP) is 0.289. The first-order valence-electron chi connectivity index (χ1n) is 3.62. The third-order valence-electron chi connectivity index (χ3n) is 1.47. The van der Waals surface area contributed by atoms with Gasteiger partial charge in [-0.05, 0) is 6.04 Å². The van der Waals surface area contributed by atoms with Gasteiger partial charge < -0.3 is 13.6 Å². The van der Waals surface area contributed by atoms with Crippen LogP contribution in [0.2, 0.25) is 6.04 Å². The van der Waals surface area contributed by atoms with E-state index in [-0.39, 0.29) is 0 Å². The van der Waals surface area contributed by atoms with Crippen LogP contribution < -0.4 is 0 Å². The second-order valence-corrected chi connectivity index (χ2v) is 4.84. The van der Waals surface area contributed by atoms with Crippen LogP contribution in [-0.2, 0) is 13.6 Å². The molecule has 4 heteroatoms. The first-order chi connectivity index (χ1) is 4.86. The summed E-state index contributed by atoms with van der Waals surface area (Å²) in [6, 6.07) is 1.03. The van der Waals surface area contributed by atoms with Crippen molar-refractivity contribution in [2.45, 2.75) is 19.1 Å². The van der Waals surface area contributed by atoms with E-state index in [0.29, 0.717) is 6.10 Å². The molecule has 1 saturated heterocycles. The fraction of sp³-hybridized carbons (Fsp3) is 1.00. The summed E-state index contributed by atoms with van der Waals surface area (Å²) < 4.78 is 15.6. The van der Waals surface area contributed by atoms with Gasteiger partial charge in [-0.25, -0.2) is 0 Å². The lowest BCUT2D eigenvalue weighted by Crippen LogP contribution is -2.22. The molecule has 0 radical (unpaired) electrons. The van der Waals surface area contributed by atoms with E-state index in [1.54, 1.807) is 7.11 Å². The summed E-state index contributed by atoms with van der Waals surface area (Å²) in [6.45, 7) is 3.70. The highest BCUT2D eigenvalue weighted by Gasteiger charge is 2.24. The zero-order valence-electron chi connectivity index (χ0n) is 6.50. The Hall–Kier alpha value is 0.0969. The maximum absolute atomic E-state index is 5.46. The van der Waals surface area contributed by atoms with E-state index < -0.39 is 9.28 Å². The van der Waals surface area contributed by atoms with Crippen molar-refractivity contribution in [3.63, 3.8) is 0 Å². The summed E-state index contributed by atoms with van der Waals surface area (Å²) in [5, 5.41) is 0. The van der Waals surface area contributed by atoms with E-state index in [4.69, 9.17) is 13.6 Å². The minimum Gasteiger partial charge on any atom is -0.400 e. The summed E-state index contributed by atoms with van der Waals surface area (Å²) in [4.78, 5) is 0. The molecular weight excluding hydrogens is 148 g/mol. The summed E-state index contributed by atoms with van der Waals surface area (Å²) in [6.07, 6.45) is 0.372. The molecule has 60 valence electrons. The minimum atomic E-state index is -1.29. The van der Waals surface area contributed by atoms with Crippen molar-refractivity contribution in [1.82, 2.24) is 0 Å². The van der Waals surface area contributed by atoms with Crippen molar-refractivity contribution in [1.29, 1.82) is 0 Å². The molecule has 0 aromatic rings. The Bertz CT molecular complexity index is 91.0. The van der Waals surface area contributed by atoms with E-state index in [1.807, 2.05) is 0 Å². The van der Waals surface area contributed by atoms with Gasteiger partial charge in [-0.15, -0.1) is 0 Å². The molecule has 0 bridgehead atoms. The average Bonchev–Trinajstić information content (AvgIpc) is 2.74. The van der Waals surface area contributed by atoms with E-state index >= 15 is 0 Å². The summed E-state index contributed by atoms with van der Waals surface area (Å²) in [7, 11) is 0.428. The minimum absolute atomic E-state index is 0.372. The molecule has 10 heavy (non-hydrogen) atoms. The first kappa shape index (κ1) is 8.20. The van der Waals surface area contributed by atoms with Gasteiger partial charge in [0, 0.05) is 7.11 Å². The molecule has 0 saturated carbocycles. The van der Waals surface area contributed by atoms with Gasteiger partial charge in [0.1, 0.15) is 6.10 Å². The van der Waals surface area contributed by atoms with E-state index in [9.17, 15) is 0 Å². The molecule has 0 aromatic heterocycles. The Labute approximate surface area is 63.1 Å².